The Morgan fingerprint density at radius 1 is 1.00 bits per heavy atom. The summed E-state index contributed by atoms with van der Waals surface area (Å²) in [6, 6.07) is 15.4. The first kappa shape index (κ1) is 14.2. The van der Waals surface area contributed by atoms with E-state index in [1.807, 2.05) is 12.1 Å². The molecule has 0 aliphatic carbocycles. The fourth-order valence-corrected chi connectivity index (χ4v) is 4.01. The van der Waals surface area contributed by atoms with Gasteiger partial charge >= 0.3 is 0 Å². The van der Waals surface area contributed by atoms with Gasteiger partial charge in [-0.2, -0.15) is 0 Å². The maximum absolute atomic E-state index is 11.7. The van der Waals surface area contributed by atoms with Crippen LogP contribution in [0.4, 0.5) is 0 Å². The average molecular weight is 292 g/mol. The lowest BCUT2D eigenvalue weighted by Crippen LogP contribution is -1.99. The molecule has 2 rings (SSSR count). The largest absolute Gasteiger partial charge is 0.224 e. The number of thioether (sulfide) groups is 1. The Morgan fingerprint density at radius 2 is 1.63 bits per heavy atom. The van der Waals surface area contributed by atoms with Crippen LogP contribution in [-0.4, -0.2) is 14.7 Å². The summed E-state index contributed by atoms with van der Waals surface area (Å²) in [5.74, 6) is 0.771. The molecule has 2 aromatic carbocycles. The second-order valence-electron chi connectivity index (χ2n) is 4.49. The smallest absolute Gasteiger partial charge is 0.176 e. The molecule has 0 unspecified atom stereocenters. The Bertz CT molecular complexity index is 659. The summed E-state index contributed by atoms with van der Waals surface area (Å²) in [6.07, 6.45) is 1.25. The minimum absolute atomic E-state index is 0.409. The van der Waals surface area contributed by atoms with Gasteiger partial charge in [0.1, 0.15) is 0 Å². The van der Waals surface area contributed by atoms with E-state index in [2.05, 4.69) is 31.2 Å². The lowest BCUT2D eigenvalue weighted by Gasteiger charge is -2.07. The van der Waals surface area contributed by atoms with Gasteiger partial charge in [-0.05, 0) is 24.6 Å². The lowest BCUT2D eigenvalue weighted by atomic mass is 10.2. The molecule has 0 bridgehead atoms. The number of rotatable bonds is 4. The minimum atomic E-state index is -3.17. The van der Waals surface area contributed by atoms with Crippen LogP contribution in [0.5, 0.6) is 0 Å². The van der Waals surface area contributed by atoms with Gasteiger partial charge < -0.3 is 0 Å². The molecular formula is C15H16O2S2. The van der Waals surface area contributed by atoms with Gasteiger partial charge in [-0.25, -0.2) is 8.42 Å². The van der Waals surface area contributed by atoms with Gasteiger partial charge in [0.15, 0.2) is 9.84 Å². The first-order valence-corrected chi connectivity index (χ1v) is 8.82. The van der Waals surface area contributed by atoms with Crippen LogP contribution in [0, 0.1) is 6.92 Å². The SMILES string of the molecule is Cc1ccc(CSc2ccccc2S(C)(=O)=O)cc1. The lowest BCUT2D eigenvalue weighted by molar-refractivity contribution is 0.600. The summed E-state index contributed by atoms with van der Waals surface area (Å²) in [6.45, 7) is 2.05. The Labute approximate surface area is 118 Å². The predicted molar refractivity (Wildman–Crippen MR) is 80.3 cm³/mol. The van der Waals surface area contributed by atoms with Crippen molar-refractivity contribution in [3.8, 4) is 0 Å². The van der Waals surface area contributed by atoms with Crippen molar-refractivity contribution in [2.75, 3.05) is 6.26 Å². The molecule has 0 aliphatic rings. The summed E-state index contributed by atoms with van der Waals surface area (Å²) in [5.41, 5.74) is 2.42. The third-order valence-electron chi connectivity index (χ3n) is 2.76. The maximum atomic E-state index is 11.7. The third kappa shape index (κ3) is 3.85. The summed E-state index contributed by atoms with van der Waals surface area (Å²) >= 11 is 1.55. The molecule has 0 heterocycles. The molecule has 100 valence electrons. The molecule has 0 saturated carbocycles. The highest BCUT2D eigenvalue weighted by Gasteiger charge is 2.12. The molecule has 19 heavy (non-hydrogen) atoms. The van der Waals surface area contributed by atoms with E-state index in [1.54, 1.807) is 23.9 Å². The van der Waals surface area contributed by atoms with Gasteiger partial charge in [0, 0.05) is 16.9 Å². The normalized spacial score (nSPS) is 11.5. The van der Waals surface area contributed by atoms with E-state index in [1.165, 1.54) is 17.4 Å². The molecule has 2 aromatic rings. The number of sulfone groups is 1. The van der Waals surface area contributed by atoms with E-state index in [-0.39, 0.29) is 0 Å². The van der Waals surface area contributed by atoms with Crippen molar-refractivity contribution in [1.82, 2.24) is 0 Å². The molecule has 0 N–H and O–H groups in total. The van der Waals surface area contributed by atoms with Crippen LogP contribution >= 0.6 is 11.8 Å². The van der Waals surface area contributed by atoms with E-state index in [0.717, 1.165) is 10.6 Å². The molecule has 0 amide bonds. The van der Waals surface area contributed by atoms with Crippen molar-refractivity contribution < 1.29 is 8.42 Å². The Kier molecular flexibility index (Phi) is 4.32. The first-order valence-electron chi connectivity index (χ1n) is 5.94. The topological polar surface area (TPSA) is 34.1 Å². The quantitative estimate of drug-likeness (QED) is 0.806. The van der Waals surface area contributed by atoms with Gasteiger partial charge in [-0.3, -0.25) is 0 Å². The third-order valence-corrected chi connectivity index (χ3v) is 5.19. The second kappa shape index (κ2) is 5.80. The van der Waals surface area contributed by atoms with Crippen LogP contribution in [0.15, 0.2) is 58.3 Å². The zero-order chi connectivity index (χ0) is 13.9. The van der Waals surface area contributed by atoms with Gasteiger partial charge in [0.05, 0.1) is 4.90 Å². The maximum Gasteiger partial charge on any atom is 0.176 e. The predicted octanol–water partition coefficient (Wildman–Crippen LogP) is 3.69. The van der Waals surface area contributed by atoms with Crippen molar-refractivity contribution in [1.29, 1.82) is 0 Å². The van der Waals surface area contributed by atoms with E-state index in [4.69, 9.17) is 0 Å². The highest BCUT2D eigenvalue weighted by molar-refractivity contribution is 7.99. The molecule has 0 aromatic heterocycles. The number of benzene rings is 2. The molecule has 0 fully saturated rings. The fraction of sp³-hybridized carbons (Fsp3) is 0.200. The molecule has 0 spiro atoms. The van der Waals surface area contributed by atoms with E-state index in [9.17, 15) is 8.42 Å². The molecule has 0 aliphatic heterocycles. The van der Waals surface area contributed by atoms with Crippen LogP contribution in [0.2, 0.25) is 0 Å². The monoisotopic (exact) mass is 292 g/mol. The Hall–Kier alpha value is -1.26. The first-order chi connectivity index (χ1) is 8.97. The van der Waals surface area contributed by atoms with E-state index >= 15 is 0 Å². The van der Waals surface area contributed by atoms with Crippen molar-refractivity contribution in [3.63, 3.8) is 0 Å². The van der Waals surface area contributed by atoms with Crippen LogP contribution in [0.1, 0.15) is 11.1 Å². The van der Waals surface area contributed by atoms with Gasteiger partial charge in [-0.1, -0.05) is 42.0 Å². The van der Waals surface area contributed by atoms with Crippen LogP contribution in [0.3, 0.4) is 0 Å². The van der Waals surface area contributed by atoms with Crippen molar-refractivity contribution in [3.05, 3.63) is 59.7 Å². The number of hydrogen-bond donors (Lipinski definition) is 0. The zero-order valence-corrected chi connectivity index (χ0v) is 12.6. The Balaban J connectivity index is 2.18. The van der Waals surface area contributed by atoms with Crippen LogP contribution in [-0.2, 0) is 15.6 Å². The van der Waals surface area contributed by atoms with Crippen molar-refractivity contribution >= 4 is 21.6 Å². The minimum Gasteiger partial charge on any atom is -0.224 e. The second-order valence-corrected chi connectivity index (χ2v) is 7.49. The van der Waals surface area contributed by atoms with E-state index in [0.29, 0.717) is 4.90 Å². The number of hydrogen-bond acceptors (Lipinski definition) is 3. The Morgan fingerprint density at radius 3 is 2.26 bits per heavy atom. The van der Waals surface area contributed by atoms with Crippen LogP contribution in [0.25, 0.3) is 0 Å². The van der Waals surface area contributed by atoms with Gasteiger partial charge in [-0.15, -0.1) is 11.8 Å². The summed E-state index contributed by atoms with van der Waals surface area (Å²) in [7, 11) is -3.17. The molecular weight excluding hydrogens is 276 g/mol. The molecule has 2 nitrogen and oxygen atoms in total. The zero-order valence-electron chi connectivity index (χ0n) is 11.0. The molecule has 0 saturated heterocycles. The summed E-state index contributed by atoms with van der Waals surface area (Å²) in [4.78, 5) is 1.22. The van der Waals surface area contributed by atoms with E-state index < -0.39 is 9.84 Å². The highest BCUT2D eigenvalue weighted by atomic mass is 32.2. The average Bonchev–Trinajstić information content (AvgIpc) is 2.37. The standard InChI is InChI=1S/C15H16O2S2/c1-12-7-9-13(10-8-12)11-18-14-5-3-4-6-15(14)19(2,16)17/h3-10H,11H2,1-2H3. The number of aryl methyl sites for hydroxylation is 1. The van der Waals surface area contributed by atoms with Crippen molar-refractivity contribution in [2.45, 2.75) is 22.5 Å². The van der Waals surface area contributed by atoms with Gasteiger partial charge in [0.25, 0.3) is 0 Å². The molecule has 0 atom stereocenters. The van der Waals surface area contributed by atoms with Crippen molar-refractivity contribution in [2.24, 2.45) is 0 Å². The molecule has 0 radical (unpaired) electrons. The molecule has 4 heteroatoms. The summed E-state index contributed by atoms with van der Waals surface area (Å²) < 4.78 is 23.4. The fourth-order valence-electron chi connectivity index (χ4n) is 1.72. The highest BCUT2D eigenvalue weighted by Crippen LogP contribution is 2.29. The van der Waals surface area contributed by atoms with Gasteiger partial charge in [0.2, 0.25) is 0 Å². The van der Waals surface area contributed by atoms with Crippen LogP contribution < -0.4 is 0 Å². The summed E-state index contributed by atoms with van der Waals surface area (Å²) in [5, 5.41) is 0.